The second-order valence-electron chi connectivity index (χ2n) is 4.80. The maximum atomic E-state index is 11.2. The van der Waals surface area contributed by atoms with Crippen molar-refractivity contribution < 1.29 is 14.6 Å². The lowest BCUT2D eigenvalue weighted by atomic mass is 10.2. The number of aromatic nitrogens is 2. The summed E-state index contributed by atoms with van der Waals surface area (Å²) in [6, 6.07) is 10.4. The molecule has 21 heavy (non-hydrogen) atoms. The van der Waals surface area contributed by atoms with E-state index in [4.69, 9.17) is 4.74 Å². The quantitative estimate of drug-likeness (QED) is 0.929. The third-order valence-electron chi connectivity index (χ3n) is 3.38. The van der Waals surface area contributed by atoms with Crippen LogP contribution < -0.4 is 9.64 Å². The molecule has 3 rings (SSSR count). The van der Waals surface area contributed by atoms with Crippen LogP contribution in [0.4, 0.5) is 5.95 Å². The fraction of sp³-hybridized carbons (Fsp3) is 0.267. The molecule has 1 aliphatic heterocycles. The molecule has 6 nitrogen and oxygen atoms in total. The number of nitrogens with zero attached hydrogens (tertiary/aromatic N) is 3. The lowest BCUT2D eigenvalue weighted by Gasteiger charge is -2.21. The number of carboxylic acid groups (broad SMARTS) is 1. The lowest BCUT2D eigenvalue weighted by molar-refractivity contribution is -0.138. The third-order valence-corrected chi connectivity index (χ3v) is 3.38. The topological polar surface area (TPSA) is 75.5 Å². The molecule has 6 heteroatoms. The van der Waals surface area contributed by atoms with Crippen molar-refractivity contribution in [2.45, 2.75) is 18.9 Å². The Morgan fingerprint density at radius 3 is 2.86 bits per heavy atom. The first-order chi connectivity index (χ1) is 10.2. The van der Waals surface area contributed by atoms with Crippen molar-refractivity contribution in [2.24, 2.45) is 0 Å². The number of anilines is 1. The standard InChI is InChI=1S/C15H15N3O3/c19-14(20)12-7-4-10-18(12)15-16-9-8-13(17-15)21-11-5-2-1-3-6-11/h1-3,5-6,8-9,12H,4,7,10H2,(H,19,20)/t12-/m0/s1. The second kappa shape index (κ2) is 5.78. The zero-order valence-corrected chi connectivity index (χ0v) is 11.3. The van der Waals surface area contributed by atoms with Gasteiger partial charge in [0.25, 0.3) is 0 Å². The van der Waals surface area contributed by atoms with Crippen LogP contribution in [0.1, 0.15) is 12.8 Å². The first-order valence-electron chi connectivity index (χ1n) is 6.79. The van der Waals surface area contributed by atoms with Crippen molar-refractivity contribution in [3.05, 3.63) is 42.6 Å². The van der Waals surface area contributed by atoms with Gasteiger partial charge in [-0.3, -0.25) is 0 Å². The van der Waals surface area contributed by atoms with E-state index in [0.29, 0.717) is 30.5 Å². The molecule has 2 heterocycles. The molecular weight excluding hydrogens is 270 g/mol. The molecule has 2 aromatic rings. The number of hydrogen-bond donors (Lipinski definition) is 1. The van der Waals surface area contributed by atoms with Gasteiger partial charge < -0.3 is 14.7 Å². The number of rotatable bonds is 4. The van der Waals surface area contributed by atoms with Crippen LogP contribution >= 0.6 is 0 Å². The third kappa shape index (κ3) is 2.94. The van der Waals surface area contributed by atoms with Crippen molar-refractivity contribution in [2.75, 3.05) is 11.4 Å². The minimum atomic E-state index is -0.842. The van der Waals surface area contributed by atoms with Crippen LogP contribution in [-0.4, -0.2) is 33.6 Å². The Morgan fingerprint density at radius 1 is 1.29 bits per heavy atom. The molecule has 1 saturated heterocycles. The Morgan fingerprint density at radius 2 is 2.10 bits per heavy atom. The van der Waals surface area contributed by atoms with Crippen LogP contribution in [0.25, 0.3) is 0 Å². The average Bonchev–Trinajstić information content (AvgIpc) is 2.98. The molecule has 0 bridgehead atoms. The van der Waals surface area contributed by atoms with E-state index in [2.05, 4.69) is 9.97 Å². The van der Waals surface area contributed by atoms with E-state index in [1.54, 1.807) is 17.2 Å². The van der Waals surface area contributed by atoms with Gasteiger partial charge in [-0.05, 0) is 25.0 Å². The van der Waals surface area contributed by atoms with Crippen molar-refractivity contribution in [1.82, 2.24) is 9.97 Å². The van der Waals surface area contributed by atoms with Gasteiger partial charge in [0.2, 0.25) is 11.8 Å². The van der Waals surface area contributed by atoms with Gasteiger partial charge in [-0.15, -0.1) is 0 Å². The second-order valence-corrected chi connectivity index (χ2v) is 4.80. The molecule has 0 amide bonds. The summed E-state index contributed by atoms with van der Waals surface area (Å²) in [4.78, 5) is 21.4. The van der Waals surface area contributed by atoms with Crippen molar-refractivity contribution in [3.63, 3.8) is 0 Å². The van der Waals surface area contributed by atoms with Gasteiger partial charge in [0.05, 0.1) is 0 Å². The Kier molecular flexibility index (Phi) is 3.68. The number of carbonyl (C=O) groups is 1. The Bertz CT molecular complexity index is 633. The highest BCUT2D eigenvalue weighted by molar-refractivity contribution is 5.78. The normalized spacial score (nSPS) is 17.7. The van der Waals surface area contributed by atoms with Crippen LogP contribution in [0.5, 0.6) is 11.6 Å². The lowest BCUT2D eigenvalue weighted by Crippen LogP contribution is -2.37. The molecule has 1 atom stereocenters. The average molecular weight is 285 g/mol. The van der Waals surface area contributed by atoms with Gasteiger partial charge in [-0.25, -0.2) is 9.78 Å². The van der Waals surface area contributed by atoms with Gasteiger partial charge >= 0.3 is 5.97 Å². The summed E-state index contributed by atoms with van der Waals surface area (Å²) < 4.78 is 5.65. The highest BCUT2D eigenvalue weighted by Crippen LogP contribution is 2.25. The van der Waals surface area contributed by atoms with E-state index in [1.807, 2.05) is 30.3 Å². The zero-order chi connectivity index (χ0) is 14.7. The fourth-order valence-corrected chi connectivity index (χ4v) is 2.40. The van der Waals surface area contributed by atoms with Gasteiger partial charge in [0.15, 0.2) is 0 Å². The molecule has 1 fully saturated rings. The Hall–Kier alpha value is -2.63. The van der Waals surface area contributed by atoms with Crippen LogP contribution in [0.2, 0.25) is 0 Å². The molecule has 0 saturated carbocycles. The van der Waals surface area contributed by atoms with E-state index in [-0.39, 0.29) is 0 Å². The summed E-state index contributed by atoms with van der Waals surface area (Å²) in [5.41, 5.74) is 0. The molecular formula is C15H15N3O3. The fourth-order valence-electron chi connectivity index (χ4n) is 2.40. The molecule has 1 N–H and O–H groups in total. The monoisotopic (exact) mass is 285 g/mol. The summed E-state index contributed by atoms with van der Waals surface area (Å²) in [7, 11) is 0. The highest BCUT2D eigenvalue weighted by Gasteiger charge is 2.32. The number of hydrogen-bond acceptors (Lipinski definition) is 5. The predicted molar refractivity (Wildman–Crippen MR) is 76.6 cm³/mol. The van der Waals surface area contributed by atoms with Crippen LogP contribution in [0.3, 0.4) is 0 Å². The van der Waals surface area contributed by atoms with E-state index in [9.17, 15) is 9.90 Å². The van der Waals surface area contributed by atoms with Crippen molar-refractivity contribution in [3.8, 4) is 11.6 Å². The maximum Gasteiger partial charge on any atom is 0.326 e. The molecule has 0 aliphatic carbocycles. The van der Waals surface area contributed by atoms with E-state index in [0.717, 1.165) is 6.42 Å². The minimum Gasteiger partial charge on any atom is -0.480 e. The Labute approximate surface area is 122 Å². The molecule has 0 radical (unpaired) electrons. The molecule has 1 aromatic carbocycles. The number of aliphatic carboxylic acids is 1. The van der Waals surface area contributed by atoms with E-state index in [1.165, 1.54) is 0 Å². The van der Waals surface area contributed by atoms with Crippen LogP contribution in [-0.2, 0) is 4.79 Å². The molecule has 0 spiro atoms. The molecule has 1 aliphatic rings. The molecule has 1 aromatic heterocycles. The number of para-hydroxylation sites is 1. The highest BCUT2D eigenvalue weighted by atomic mass is 16.5. The summed E-state index contributed by atoms with van der Waals surface area (Å²) in [5, 5.41) is 9.22. The number of ether oxygens (including phenoxy) is 1. The van der Waals surface area contributed by atoms with Crippen molar-refractivity contribution in [1.29, 1.82) is 0 Å². The largest absolute Gasteiger partial charge is 0.480 e. The van der Waals surface area contributed by atoms with E-state index < -0.39 is 12.0 Å². The summed E-state index contributed by atoms with van der Waals surface area (Å²) in [6.45, 7) is 0.645. The number of benzene rings is 1. The minimum absolute atomic E-state index is 0.397. The molecule has 0 unspecified atom stereocenters. The van der Waals surface area contributed by atoms with Crippen LogP contribution in [0, 0.1) is 0 Å². The predicted octanol–water partition coefficient (Wildman–Crippen LogP) is 2.32. The smallest absolute Gasteiger partial charge is 0.326 e. The summed E-state index contributed by atoms with van der Waals surface area (Å²) >= 11 is 0. The van der Waals surface area contributed by atoms with Gasteiger partial charge in [0, 0.05) is 18.8 Å². The first kappa shape index (κ1) is 13.4. The Balaban J connectivity index is 1.81. The SMILES string of the molecule is O=C(O)[C@@H]1CCCN1c1nccc(Oc2ccccc2)n1. The first-order valence-corrected chi connectivity index (χ1v) is 6.79. The molecule has 108 valence electrons. The van der Waals surface area contributed by atoms with Gasteiger partial charge in [-0.2, -0.15) is 4.98 Å². The van der Waals surface area contributed by atoms with Gasteiger partial charge in [0.1, 0.15) is 11.8 Å². The van der Waals surface area contributed by atoms with Crippen LogP contribution in [0.15, 0.2) is 42.6 Å². The van der Waals surface area contributed by atoms with Gasteiger partial charge in [-0.1, -0.05) is 18.2 Å². The zero-order valence-electron chi connectivity index (χ0n) is 11.3. The maximum absolute atomic E-state index is 11.2. The summed E-state index contributed by atoms with van der Waals surface area (Å²) in [6.07, 6.45) is 3.02. The number of carboxylic acids is 1. The van der Waals surface area contributed by atoms with Crippen molar-refractivity contribution >= 4 is 11.9 Å². The van der Waals surface area contributed by atoms with E-state index >= 15 is 0 Å². The summed E-state index contributed by atoms with van der Waals surface area (Å²) in [5.74, 6) is 0.638.